The molecule has 2 aliphatic heterocycles. The molecule has 3 atom stereocenters. The fourth-order valence-electron chi connectivity index (χ4n) is 5.30. The zero-order valence-corrected chi connectivity index (χ0v) is 21.4. The Labute approximate surface area is 219 Å². The molecule has 2 saturated heterocycles. The van der Waals surface area contributed by atoms with Crippen LogP contribution in [0.5, 0.6) is 0 Å². The number of rotatable bonds is 10. The van der Waals surface area contributed by atoms with Crippen molar-refractivity contribution in [3.8, 4) is 0 Å². The molecule has 0 radical (unpaired) electrons. The van der Waals surface area contributed by atoms with Gasteiger partial charge in [0.1, 0.15) is 11.8 Å². The number of aromatic nitrogens is 1. The molecule has 3 heterocycles. The van der Waals surface area contributed by atoms with Crippen molar-refractivity contribution in [3.05, 3.63) is 17.5 Å². The van der Waals surface area contributed by atoms with E-state index < -0.39 is 47.4 Å². The molecule has 38 heavy (non-hydrogen) atoms. The molecule has 4 rings (SSSR count). The van der Waals surface area contributed by atoms with E-state index >= 15 is 0 Å². The lowest BCUT2D eigenvalue weighted by molar-refractivity contribution is -0.142. The fourth-order valence-corrected chi connectivity index (χ4v) is 5.30. The Bertz CT molecular complexity index is 1100. The van der Waals surface area contributed by atoms with Crippen LogP contribution < -0.4 is 21.3 Å². The van der Waals surface area contributed by atoms with Crippen molar-refractivity contribution >= 4 is 35.3 Å². The highest BCUT2D eigenvalue weighted by Gasteiger charge is 2.39. The van der Waals surface area contributed by atoms with Crippen LogP contribution in [0.1, 0.15) is 67.6 Å². The summed E-state index contributed by atoms with van der Waals surface area (Å²) in [5.74, 6) is -3.45. The van der Waals surface area contributed by atoms with E-state index in [2.05, 4.69) is 26.4 Å². The zero-order valence-electron chi connectivity index (χ0n) is 21.4. The minimum atomic E-state index is -1.19. The Morgan fingerprint density at radius 3 is 2.55 bits per heavy atom. The Morgan fingerprint density at radius 2 is 1.89 bits per heavy atom. The van der Waals surface area contributed by atoms with Gasteiger partial charge in [0.25, 0.3) is 11.8 Å². The van der Waals surface area contributed by atoms with E-state index in [1.54, 1.807) is 6.92 Å². The average molecular weight is 531 g/mol. The summed E-state index contributed by atoms with van der Waals surface area (Å²) in [4.78, 5) is 77.6. The van der Waals surface area contributed by atoms with Gasteiger partial charge in [-0.25, -0.2) is 0 Å². The first-order chi connectivity index (χ1) is 18.2. The van der Waals surface area contributed by atoms with Gasteiger partial charge < -0.3 is 30.7 Å². The highest BCUT2D eigenvalue weighted by molar-refractivity contribution is 6.38. The lowest BCUT2D eigenvalue weighted by atomic mass is 9.95. The standard InChI is InChI=1S/C25H34N6O7/c1-14-11-18(30-38-14)23(35)27-13-20(32)31-10-4-7-19(31)24(36)29-17(12-15-8-9-26-22(15)34)21(33)25(37)28-16-5-2-3-6-16/h11,15-17,19H,2-10,12-13H2,1H3,(H,26,34)(H,27,35)(H,28,37)(H,29,36)/t15-,17-,19-/m0/s1. The van der Waals surface area contributed by atoms with Crippen LogP contribution in [0, 0.1) is 12.8 Å². The second-order valence-corrected chi connectivity index (χ2v) is 10.1. The van der Waals surface area contributed by atoms with Crippen LogP contribution in [0.25, 0.3) is 0 Å². The summed E-state index contributed by atoms with van der Waals surface area (Å²) in [7, 11) is 0. The third-order valence-electron chi connectivity index (χ3n) is 7.37. The van der Waals surface area contributed by atoms with Gasteiger partial charge in [-0.15, -0.1) is 0 Å². The summed E-state index contributed by atoms with van der Waals surface area (Å²) in [5, 5.41) is 14.2. The van der Waals surface area contributed by atoms with Gasteiger partial charge in [-0.2, -0.15) is 0 Å². The number of amides is 5. The molecule has 0 spiro atoms. The molecule has 4 N–H and O–H groups in total. The van der Waals surface area contributed by atoms with Crippen molar-refractivity contribution in [1.29, 1.82) is 0 Å². The van der Waals surface area contributed by atoms with Crippen molar-refractivity contribution in [3.63, 3.8) is 0 Å². The van der Waals surface area contributed by atoms with Crippen molar-refractivity contribution in [1.82, 2.24) is 31.3 Å². The number of nitrogens with zero attached hydrogens (tertiary/aromatic N) is 2. The van der Waals surface area contributed by atoms with Crippen LogP contribution in [-0.4, -0.2) is 83.1 Å². The van der Waals surface area contributed by atoms with Gasteiger partial charge in [-0.1, -0.05) is 18.0 Å². The number of likely N-dealkylation sites (tertiary alicyclic amines) is 1. The van der Waals surface area contributed by atoms with Gasteiger partial charge in [0.05, 0.1) is 12.6 Å². The van der Waals surface area contributed by atoms with Gasteiger partial charge in [0.2, 0.25) is 23.5 Å². The molecule has 13 heteroatoms. The molecule has 1 aromatic rings. The minimum absolute atomic E-state index is 0.00232. The van der Waals surface area contributed by atoms with Crippen molar-refractivity contribution in [2.24, 2.45) is 5.92 Å². The van der Waals surface area contributed by atoms with Crippen LogP contribution in [0.4, 0.5) is 0 Å². The number of aryl methyl sites for hydroxylation is 1. The zero-order chi connectivity index (χ0) is 27.2. The van der Waals surface area contributed by atoms with Crippen molar-refractivity contribution in [2.75, 3.05) is 19.6 Å². The maximum absolute atomic E-state index is 13.3. The SMILES string of the molecule is Cc1cc(C(=O)NCC(=O)N2CCC[C@H]2C(=O)N[C@@H](C[C@@H]2CCNC2=O)C(=O)C(=O)NC2CCCC2)no1. The number of nitrogens with one attached hydrogen (secondary N) is 4. The molecule has 0 aromatic carbocycles. The van der Waals surface area contributed by atoms with E-state index in [9.17, 15) is 28.8 Å². The highest BCUT2D eigenvalue weighted by Crippen LogP contribution is 2.21. The van der Waals surface area contributed by atoms with Gasteiger partial charge in [0, 0.05) is 31.1 Å². The maximum atomic E-state index is 13.3. The number of carbonyl (C=O) groups excluding carboxylic acids is 6. The summed E-state index contributed by atoms with van der Waals surface area (Å²) in [5.41, 5.74) is 0.0409. The van der Waals surface area contributed by atoms with Gasteiger partial charge >= 0.3 is 0 Å². The van der Waals surface area contributed by atoms with Gasteiger partial charge in [-0.05, 0) is 45.4 Å². The Hall–Kier alpha value is -3.77. The first kappa shape index (κ1) is 27.3. The van der Waals surface area contributed by atoms with Crippen molar-refractivity contribution in [2.45, 2.75) is 76.4 Å². The lowest BCUT2D eigenvalue weighted by Crippen LogP contribution is -2.55. The van der Waals surface area contributed by atoms with E-state index in [0.717, 1.165) is 25.7 Å². The first-order valence-corrected chi connectivity index (χ1v) is 13.2. The van der Waals surface area contributed by atoms with Crippen LogP contribution in [-0.2, 0) is 24.0 Å². The predicted molar refractivity (Wildman–Crippen MR) is 131 cm³/mol. The second kappa shape index (κ2) is 12.2. The summed E-state index contributed by atoms with van der Waals surface area (Å²) >= 11 is 0. The van der Waals surface area contributed by atoms with E-state index in [4.69, 9.17) is 4.52 Å². The largest absolute Gasteiger partial charge is 0.361 e. The fraction of sp³-hybridized carbons (Fsp3) is 0.640. The molecule has 3 aliphatic rings. The third-order valence-corrected chi connectivity index (χ3v) is 7.37. The molecule has 1 aromatic heterocycles. The van der Waals surface area contributed by atoms with Gasteiger partial charge in [-0.3, -0.25) is 28.8 Å². The van der Waals surface area contributed by atoms with E-state index in [-0.39, 0.29) is 30.6 Å². The van der Waals surface area contributed by atoms with E-state index in [0.29, 0.717) is 38.1 Å². The van der Waals surface area contributed by atoms with Crippen LogP contribution in [0.3, 0.4) is 0 Å². The number of hydrogen-bond donors (Lipinski definition) is 4. The summed E-state index contributed by atoms with van der Waals surface area (Å²) in [6, 6.07) is -0.683. The number of hydrogen-bond acceptors (Lipinski definition) is 8. The molecule has 0 unspecified atom stereocenters. The summed E-state index contributed by atoms with van der Waals surface area (Å²) in [6.07, 6.45) is 4.99. The highest BCUT2D eigenvalue weighted by atomic mass is 16.5. The molecule has 1 saturated carbocycles. The first-order valence-electron chi connectivity index (χ1n) is 13.2. The quantitative estimate of drug-likeness (QED) is 0.288. The normalized spacial score (nSPS) is 22.1. The molecule has 1 aliphatic carbocycles. The Balaban J connectivity index is 1.38. The predicted octanol–water partition coefficient (Wildman–Crippen LogP) is -0.657. The van der Waals surface area contributed by atoms with Crippen LogP contribution in [0.2, 0.25) is 0 Å². The molecule has 206 valence electrons. The summed E-state index contributed by atoms with van der Waals surface area (Å²) < 4.78 is 4.86. The monoisotopic (exact) mass is 530 g/mol. The van der Waals surface area contributed by atoms with Crippen LogP contribution in [0.15, 0.2) is 10.6 Å². The number of Topliss-reactive ketones (excluding diaryl/α,β-unsaturated/α-hetero) is 1. The van der Waals surface area contributed by atoms with Crippen molar-refractivity contribution < 1.29 is 33.3 Å². The Kier molecular flexibility index (Phi) is 8.74. The van der Waals surface area contributed by atoms with Gasteiger partial charge in [0.15, 0.2) is 5.69 Å². The number of carbonyl (C=O) groups is 6. The molecule has 3 fully saturated rings. The maximum Gasteiger partial charge on any atom is 0.289 e. The van der Waals surface area contributed by atoms with E-state index in [1.165, 1.54) is 11.0 Å². The minimum Gasteiger partial charge on any atom is -0.361 e. The second-order valence-electron chi connectivity index (χ2n) is 10.1. The Morgan fingerprint density at radius 1 is 1.13 bits per heavy atom. The number of ketones is 1. The smallest absolute Gasteiger partial charge is 0.289 e. The molecular weight excluding hydrogens is 496 g/mol. The molecule has 5 amide bonds. The molecular formula is C25H34N6O7. The molecule has 0 bridgehead atoms. The lowest BCUT2D eigenvalue weighted by Gasteiger charge is -2.27. The third kappa shape index (κ3) is 6.56. The van der Waals surface area contributed by atoms with Crippen LogP contribution >= 0.6 is 0 Å². The topological polar surface area (TPSA) is 180 Å². The average Bonchev–Trinajstić information content (AvgIpc) is 3.70. The van der Waals surface area contributed by atoms with E-state index in [1.807, 2.05) is 0 Å². The summed E-state index contributed by atoms with van der Waals surface area (Å²) in [6.45, 7) is 2.07. The molecule has 13 nitrogen and oxygen atoms in total.